The molecule has 2 aliphatic heterocycles. The first kappa shape index (κ1) is 17.5. The second-order valence-corrected chi connectivity index (χ2v) is 7.71. The summed E-state index contributed by atoms with van der Waals surface area (Å²) in [5.41, 5.74) is -0.429. The zero-order valence-corrected chi connectivity index (χ0v) is 14.6. The molecule has 2 heterocycles. The number of hydrogen-bond donors (Lipinski definition) is 1. The molecule has 0 aromatic carbocycles. The summed E-state index contributed by atoms with van der Waals surface area (Å²) in [6, 6.07) is 1.15. The summed E-state index contributed by atoms with van der Waals surface area (Å²) in [4.78, 5) is 14.5. The van der Waals surface area contributed by atoms with E-state index in [1.165, 1.54) is 12.8 Å². The molecule has 0 aromatic heterocycles. The molecule has 0 spiro atoms. The second kappa shape index (κ2) is 7.64. The standard InChI is InChI=1S/C17H32N2O3/c1-13(18-14-11-21-12-14)10-15-8-6-5-7-9-19(15)16(20)22-17(2,3)4/h13-15,18H,5-12H2,1-4H3. The van der Waals surface area contributed by atoms with Crippen LogP contribution in [-0.2, 0) is 9.47 Å². The Morgan fingerprint density at radius 1 is 1.32 bits per heavy atom. The fourth-order valence-corrected chi connectivity index (χ4v) is 3.19. The van der Waals surface area contributed by atoms with E-state index in [1.807, 2.05) is 25.7 Å². The molecule has 0 bridgehead atoms. The van der Waals surface area contributed by atoms with Gasteiger partial charge < -0.3 is 19.7 Å². The van der Waals surface area contributed by atoms with Gasteiger partial charge in [-0.3, -0.25) is 0 Å². The largest absolute Gasteiger partial charge is 0.444 e. The van der Waals surface area contributed by atoms with E-state index in [0.717, 1.165) is 39.0 Å². The number of rotatable bonds is 4. The van der Waals surface area contributed by atoms with Crippen LogP contribution >= 0.6 is 0 Å². The summed E-state index contributed by atoms with van der Waals surface area (Å²) in [7, 11) is 0. The molecule has 128 valence electrons. The molecule has 5 heteroatoms. The van der Waals surface area contributed by atoms with Crippen molar-refractivity contribution in [2.24, 2.45) is 0 Å². The van der Waals surface area contributed by atoms with Gasteiger partial charge in [0.15, 0.2) is 0 Å². The number of ether oxygens (including phenoxy) is 2. The highest BCUT2D eigenvalue weighted by Crippen LogP contribution is 2.23. The van der Waals surface area contributed by atoms with E-state index in [-0.39, 0.29) is 12.1 Å². The first-order valence-corrected chi connectivity index (χ1v) is 8.68. The van der Waals surface area contributed by atoms with Gasteiger partial charge in [0, 0.05) is 18.6 Å². The maximum Gasteiger partial charge on any atom is 0.410 e. The summed E-state index contributed by atoms with van der Waals surface area (Å²) >= 11 is 0. The van der Waals surface area contributed by atoms with Gasteiger partial charge in [0.25, 0.3) is 0 Å². The lowest BCUT2D eigenvalue weighted by atomic mass is 10.0. The van der Waals surface area contributed by atoms with Gasteiger partial charge in [-0.1, -0.05) is 12.8 Å². The maximum atomic E-state index is 12.5. The van der Waals surface area contributed by atoms with Crippen LogP contribution < -0.4 is 5.32 Å². The minimum atomic E-state index is -0.429. The Balaban J connectivity index is 1.92. The number of amides is 1. The number of carbonyl (C=O) groups excluding carboxylic acids is 1. The van der Waals surface area contributed by atoms with E-state index >= 15 is 0 Å². The lowest BCUT2D eigenvalue weighted by Gasteiger charge is -2.36. The molecule has 0 radical (unpaired) electrons. The summed E-state index contributed by atoms with van der Waals surface area (Å²) in [6.07, 6.45) is 5.38. The molecule has 0 aliphatic carbocycles. The zero-order valence-electron chi connectivity index (χ0n) is 14.6. The Labute approximate surface area is 134 Å². The van der Waals surface area contributed by atoms with Crippen molar-refractivity contribution < 1.29 is 14.3 Å². The van der Waals surface area contributed by atoms with Crippen molar-refractivity contribution in [2.45, 2.75) is 83.5 Å². The normalized spacial score (nSPS) is 25.3. The summed E-state index contributed by atoms with van der Waals surface area (Å²) in [6.45, 7) is 10.4. The Morgan fingerprint density at radius 2 is 2.05 bits per heavy atom. The molecule has 2 unspecified atom stereocenters. The molecular weight excluding hydrogens is 280 g/mol. The Morgan fingerprint density at radius 3 is 2.64 bits per heavy atom. The van der Waals surface area contributed by atoms with E-state index in [1.54, 1.807) is 0 Å². The minimum Gasteiger partial charge on any atom is -0.444 e. The predicted octanol–water partition coefficient (Wildman–Crippen LogP) is 2.93. The number of likely N-dealkylation sites (tertiary alicyclic amines) is 1. The van der Waals surface area contributed by atoms with Crippen LogP contribution in [0.2, 0.25) is 0 Å². The van der Waals surface area contributed by atoms with Gasteiger partial charge in [-0.15, -0.1) is 0 Å². The first-order chi connectivity index (χ1) is 10.3. The monoisotopic (exact) mass is 312 g/mol. The highest BCUT2D eigenvalue weighted by molar-refractivity contribution is 5.68. The van der Waals surface area contributed by atoms with E-state index in [2.05, 4.69) is 12.2 Å². The second-order valence-electron chi connectivity index (χ2n) is 7.71. The van der Waals surface area contributed by atoms with Gasteiger partial charge >= 0.3 is 6.09 Å². The van der Waals surface area contributed by atoms with E-state index in [9.17, 15) is 4.79 Å². The van der Waals surface area contributed by atoms with Gasteiger partial charge in [-0.25, -0.2) is 4.79 Å². The molecule has 0 saturated carbocycles. The van der Waals surface area contributed by atoms with Crippen LogP contribution in [0.15, 0.2) is 0 Å². The van der Waals surface area contributed by atoms with Crippen LogP contribution in [0.25, 0.3) is 0 Å². The van der Waals surface area contributed by atoms with Gasteiger partial charge in [0.1, 0.15) is 5.60 Å². The number of nitrogens with zero attached hydrogens (tertiary/aromatic N) is 1. The third-order valence-corrected chi connectivity index (χ3v) is 4.29. The molecule has 0 aromatic rings. The van der Waals surface area contributed by atoms with Crippen LogP contribution in [0, 0.1) is 0 Å². The fraction of sp³-hybridized carbons (Fsp3) is 0.941. The molecule has 2 saturated heterocycles. The quantitative estimate of drug-likeness (QED) is 0.867. The molecule has 2 atom stereocenters. The average molecular weight is 312 g/mol. The predicted molar refractivity (Wildman–Crippen MR) is 87.0 cm³/mol. The Bertz CT molecular complexity index is 363. The highest BCUT2D eigenvalue weighted by atomic mass is 16.6. The minimum absolute atomic E-state index is 0.154. The first-order valence-electron chi connectivity index (χ1n) is 8.68. The third kappa shape index (κ3) is 5.43. The van der Waals surface area contributed by atoms with Crippen LogP contribution in [0.1, 0.15) is 59.8 Å². The van der Waals surface area contributed by atoms with Crippen molar-refractivity contribution in [3.05, 3.63) is 0 Å². The van der Waals surface area contributed by atoms with Crippen molar-refractivity contribution in [3.63, 3.8) is 0 Å². The fourth-order valence-electron chi connectivity index (χ4n) is 3.19. The molecular formula is C17H32N2O3. The molecule has 2 aliphatic rings. The number of carbonyl (C=O) groups is 1. The SMILES string of the molecule is CC(CC1CCCCCN1C(=O)OC(C)(C)C)NC1COC1. The molecule has 1 amide bonds. The van der Waals surface area contributed by atoms with Crippen molar-refractivity contribution in [3.8, 4) is 0 Å². The third-order valence-electron chi connectivity index (χ3n) is 4.29. The summed E-state index contributed by atoms with van der Waals surface area (Å²) < 4.78 is 10.8. The molecule has 2 fully saturated rings. The number of nitrogens with one attached hydrogen (secondary N) is 1. The van der Waals surface area contributed by atoms with Crippen molar-refractivity contribution in [1.82, 2.24) is 10.2 Å². The van der Waals surface area contributed by atoms with Gasteiger partial charge in [0.2, 0.25) is 0 Å². The summed E-state index contributed by atoms with van der Waals surface area (Å²) in [5.74, 6) is 0. The van der Waals surface area contributed by atoms with Crippen molar-refractivity contribution in [1.29, 1.82) is 0 Å². The van der Waals surface area contributed by atoms with Crippen molar-refractivity contribution in [2.75, 3.05) is 19.8 Å². The average Bonchev–Trinajstić information content (AvgIpc) is 2.57. The van der Waals surface area contributed by atoms with E-state index < -0.39 is 5.60 Å². The van der Waals surface area contributed by atoms with Crippen LogP contribution in [0.5, 0.6) is 0 Å². The zero-order chi connectivity index (χ0) is 16.2. The van der Waals surface area contributed by atoms with E-state index in [0.29, 0.717) is 12.1 Å². The van der Waals surface area contributed by atoms with E-state index in [4.69, 9.17) is 9.47 Å². The van der Waals surface area contributed by atoms with Gasteiger partial charge in [-0.2, -0.15) is 0 Å². The molecule has 5 nitrogen and oxygen atoms in total. The van der Waals surface area contributed by atoms with Gasteiger partial charge in [0.05, 0.1) is 19.3 Å². The smallest absolute Gasteiger partial charge is 0.410 e. The number of hydrogen-bond acceptors (Lipinski definition) is 4. The van der Waals surface area contributed by atoms with Gasteiger partial charge in [-0.05, 0) is 47.0 Å². The molecule has 2 rings (SSSR count). The topological polar surface area (TPSA) is 50.8 Å². The Hall–Kier alpha value is -0.810. The summed E-state index contributed by atoms with van der Waals surface area (Å²) in [5, 5.41) is 3.59. The molecule has 1 N–H and O–H groups in total. The van der Waals surface area contributed by atoms with Crippen LogP contribution in [-0.4, -0.2) is 54.5 Å². The molecule has 22 heavy (non-hydrogen) atoms. The highest BCUT2D eigenvalue weighted by Gasteiger charge is 2.31. The maximum absolute atomic E-state index is 12.5. The Kier molecular flexibility index (Phi) is 6.09. The lowest BCUT2D eigenvalue weighted by molar-refractivity contribution is -0.0121. The lowest BCUT2D eigenvalue weighted by Crippen LogP contribution is -2.52. The van der Waals surface area contributed by atoms with Crippen LogP contribution in [0.3, 0.4) is 0 Å². The van der Waals surface area contributed by atoms with Crippen molar-refractivity contribution >= 4 is 6.09 Å². The van der Waals surface area contributed by atoms with Crippen LogP contribution in [0.4, 0.5) is 4.79 Å².